The van der Waals surface area contributed by atoms with Crippen LogP contribution in [0.3, 0.4) is 0 Å². The lowest BCUT2D eigenvalue weighted by atomic mass is 9.72. The smallest absolute Gasteiger partial charge is 0.246 e. The maximum atomic E-state index is 13.0. The van der Waals surface area contributed by atoms with Crippen LogP contribution in [-0.4, -0.2) is 71.1 Å². The van der Waals surface area contributed by atoms with Gasteiger partial charge in [-0.2, -0.15) is 4.98 Å². The normalized spacial score (nSPS) is 27.0. The molecule has 5 heterocycles. The van der Waals surface area contributed by atoms with Crippen molar-refractivity contribution in [3.63, 3.8) is 0 Å². The van der Waals surface area contributed by atoms with E-state index < -0.39 is 5.54 Å². The quantitative estimate of drug-likeness (QED) is 0.670. The van der Waals surface area contributed by atoms with Gasteiger partial charge in [-0.3, -0.25) is 9.69 Å². The number of nitrogens with zero attached hydrogens (tertiary/aromatic N) is 5. The molecule has 1 amide bonds. The minimum atomic E-state index is -0.479. The molecule has 4 aliphatic heterocycles. The highest BCUT2D eigenvalue weighted by Crippen LogP contribution is 2.46. The maximum Gasteiger partial charge on any atom is 0.246 e. The minimum absolute atomic E-state index is 0.157. The largest absolute Gasteiger partial charge is 0.370 e. The summed E-state index contributed by atoms with van der Waals surface area (Å²) in [5, 5.41) is 6.51. The molecule has 7 rings (SSSR count). The SMILES string of the molecule is CC(C)N1CC2(CN(c3ccc(Nc4ncc5c(n4)N(C4CCCC4)C4(CCNC4=O)C5)cc3)C2)C1. The average molecular weight is 488 g/mol. The highest BCUT2D eigenvalue weighted by atomic mass is 16.2. The zero-order chi connectivity index (χ0) is 24.5. The third-order valence-corrected chi connectivity index (χ3v) is 9.30. The molecule has 3 saturated heterocycles. The van der Waals surface area contributed by atoms with Crippen molar-refractivity contribution in [2.45, 2.75) is 70.0 Å². The van der Waals surface area contributed by atoms with Crippen LogP contribution >= 0.6 is 0 Å². The van der Waals surface area contributed by atoms with Gasteiger partial charge < -0.3 is 20.4 Å². The number of hydrogen-bond donors (Lipinski definition) is 2. The van der Waals surface area contributed by atoms with Gasteiger partial charge in [0, 0.05) is 79.8 Å². The van der Waals surface area contributed by atoms with Gasteiger partial charge in [-0.15, -0.1) is 0 Å². The molecule has 1 aromatic heterocycles. The first-order chi connectivity index (χ1) is 17.4. The fourth-order valence-electron chi connectivity index (χ4n) is 7.35. The molecule has 2 spiro atoms. The molecule has 1 saturated carbocycles. The van der Waals surface area contributed by atoms with Crippen LogP contribution in [0.25, 0.3) is 0 Å². The van der Waals surface area contributed by atoms with E-state index in [-0.39, 0.29) is 5.91 Å². The van der Waals surface area contributed by atoms with E-state index in [4.69, 9.17) is 4.98 Å². The van der Waals surface area contributed by atoms with Gasteiger partial charge in [0.25, 0.3) is 0 Å². The maximum absolute atomic E-state index is 13.0. The molecule has 190 valence electrons. The first-order valence-electron chi connectivity index (χ1n) is 13.7. The molecule has 1 unspecified atom stereocenters. The Balaban J connectivity index is 1.06. The lowest BCUT2D eigenvalue weighted by molar-refractivity contribution is -0.123. The first-order valence-corrected chi connectivity index (χ1v) is 13.7. The van der Waals surface area contributed by atoms with Gasteiger partial charge >= 0.3 is 0 Å². The molecule has 8 nitrogen and oxygen atoms in total. The molecule has 8 heteroatoms. The van der Waals surface area contributed by atoms with E-state index in [1.54, 1.807) is 0 Å². The lowest BCUT2D eigenvalue weighted by Gasteiger charge is -2.62. The summed E-state index contributed by atoms with van der Waals surface area (Å²) in [5.74, 6) is 1.71. The van der Waals surface area contributed by atoms with Crippen molar-refractivity contribution in [1.29, 1.82) is 0 Å². The number of fused-ring (bicyclic) bond motifs is 1. The number of rotatable bonds is 5. The summed E-state index contributed by atoms with van der Waals surface area (Å²) in [4.78, 5) is 30.0. The Morgan fingerprint density at radius 3 is 2.50 bits per heavy atom. The number of aromatic nitrogens is 2. The van der Waals surface area contributed by atoms with Gasteiger partial charge in [0.1, 0.15) is 11.4 Å². The van der Waals surface area contributed by atoms with Crippen molar-refractivity contribution in [2.24, 2.45) is 5.41 Å². The number of likely N-dealkylation sites (tertiary alicyclic amines) is 1. The van der Waals surface area contributed by atoms with E-state index in [0.29, 0.717) is 29.9 Å². The van der Waals surface area contributed by atoms with Crippen LogP contribution in [0.4, 0.5) is 23.1 Å². The summed E-state index contributed by atoms with van der Waals surface area (Å²) in [6.45, 7) is 10.1. The first kappa shape index (κ1) is 22.3. The molecule has 5 aliphatic rings. The zero-order valence-electron chi connectivity index (χ0n) is 21.5. The predicted molar refractivity (Wildman–Crippen MR) is 142 cm³/mol. The van der Waals surface area contributed by atoms with Gasteiger partial charge in [-0.1, -0.05) is 12.8 Å². The number of carbonyl (C=O) groups is 1. The summed E-state index contributed by atoms with van der Waals surface area (Å²) < 4.78 is 0. The molecule has 0 bridgehead atoms. The van der Waals surface area contributed by atoms with Crippen molar-refractivity contribution in [3.8, 4) is 0 Å². The Kier molecular flexibility index (Phi) is 5.00. The number of benzene rings is 1. The Morgan fingerprint density at radius 2 is 1.83 bits per heavy atom. The van der Waals surface area contributed by atoms with Crippen molar-refractivity contribution in [2.75, 3.05) is 47.8 Å². The predicted octanol–water partition coefficient (Wildman–Crippen LogP) is 3.31. The summed E-state index contributed by atoms with van der Waals surface area (Å²) in [6.07, 6.45) is 8.21. The van der Waals surface area contributed by atoms with E-state index in [1.165, 1.54) is 31.6 Å². The highest BCUT2D eigenvalue weighted by molar-refractivity contribution is 5.94. The summed E-state index contributed by atoms with van der Waals surface area (Å²) in [7, 11) is 0. The average Bonchev–Trinajstić information content (AvgIpc) is 3.52. The van der Waals surface area contributed by atoms with E-state index in [9.17, 15) is 4.79 Å². The van der Waals surface area contributed by atoms with Crippen LogP contribution in [0.1, 0.15) is 51.5 Å². The molecule has 1 aromatic carbocycles. The lowest BCUT2D eigenvalue weighted by Crippen LogP contribution is -2.73. The van der Waals surface area contributed by atoms with E-state index >= 15 is 0 Å². The number of anilines is 4. The second-order valence-electron chi connectivity index (χ2n) is 12.1. The second-order valence-corrected chi connectivity index (χ2v) is 12.1. The van der Waals surface area contributed by atoms with Crippen LogP contribution < -0.4 is 20.4 Å². The molecule has 1 aliphatic carbocycles. The van der Waals surface area contributed by atoms with Crippen LogP contribution in [0.2, 0.25) is 0 Å². The summed E-state index contributed by atoms with van der Waals surface area (Å²) in [5.41, 5.74) is 3.40. The van der Waals surface area contributed by atoms with E-state index in [2.05, 4.69) is 68.4 Å². The van der Waals surface area contributed by atoms with Gasteiger partial charge in [-0.25, -0.2) is 4.98 Å². The topological polar surface area (TPSA) is 76.6 Å². The Bertz CT molecular complexity index is 1160. The summed E-state index contributed by atoms with van der Waals surface area (Å²) in [6, 6.07) is 9.69. The van der Waals surface area contributed by atoms with Crippen LogP contribution in [-0.2, 0) is 11.2 Å². The molecular formula is C28H37N7O. The molecular weight excluding hydrogens is 450 g/mol. The second kappa shape index (κ2) is 8.07. The summed E-state index contributed by atoms with van der Waals surface area (Å²) >= 11 is 0. The standard InChI is InChI=1S/C28H37N7O/c1-19(2)33-15-27(16-33)17-34(18-27)22-9-7-21(8-10-22)31-26-30-14-20-13-28(11-12-29-25(28)36)35(24(20)32-26)23-5-3-4-6-23/h7-10,14,19,23H,3-6,11-13,15-18H2,1-2H3,(H,29,36)(H,30,31,32). The van der Waals surface area contributed by atoms with Gasteiger partial charge in [0.05, 0.1) is 0 Å². The van der Waals surface area contributed by atoms with Crippen molar-refractivity contribution in [3.05, 3.63) is 36.0 Å². The third-order valence-electron chi connectivity index (χ3n) is 9.30. The Labute approximate surface area is 213 Å². The van der Waals surface area contributed by atoms with E-state index in [0.717, 1.165) is 56.0 Å². The fourth-order valence-corrected chi connectivity index (χ4v) is 7.35. The van der Waals surface area contributed by atoms with Crippen molar-refractivity contribution >= 4 is 29.0 Å². The molecule has 2 aromatic rings. The van der Waals surface area contributed by atoms with Gasteiger partial charge in [-0.05, 0) is 57.4 Å². The Morgan fingerprint density at radius 1 is 1.08 bits per heavy atom. The van der Waals surface area contributed by atoms with Crippen molar-refractivity contribution < 1.29 is 4.79 Å². The molecule has 0 radical (unpaired) electrons. The zero-order valence-corrected chi connectivity index (χ0v) is 21.5. The highest BCUT2D eigenvalue weighted by Gasteiger charge is 2.55. The minimum Gasteiger partial charge on any atom is -0.370 e. The van der Waals surface area contributed by atoms with Crippen molar-refractivity contribution in [1.82, 2.24) is 20.2 Å². The van der Waals surface area contributed by atoms with Crippen LogP contribution in [0.5, 0.6) is 0 Å². The van der Waals surface area contributed by atoms with Crippen LogP contribution in [0, 0.1) is 5.41 Å². The number of nitrogens with one attached hydrogen (secondary N) is 2. The van der Waals surface area contributed by atoms with E-state index in [1.807, 2.05) is 6.20 Å². The number of hydrogen-bond acceptors (Lipinski definition) is 7. The number of amides is 1. The van der Waals surface area contributed by atoms with Gasteiger partial charge in [0.15, 0.2) is 0 Å². The Hall–Kier alpha value is -2.87. The molecule has 4 fully saturated rings. The molecule has 1 atom stereocenters. The third kappa shape index (κ3) is 3.40. The van der Waals surface area contributed by atoms with Gasteiger partial charge in [0.2, 0.25) is 11.9 Å². The molecule has 36 heavy (non-hydrogen) atoms. The number of carbonyl (C=O) groups excluding carboxylic acids is 1. The monoisotopic (exact) mass is 487 g/mol. The molecule has 2 N–H and O–H groups in total. The van der Waals surface area contributed by atoms with Crippen LogP contribution in [0.15, 0.2) is 30.5 Å². The fraction of sp³-hybridized carbons (Fsp3) is 0.607.